The predicted molar refractivity (Wildman–Crippen MR) is 149 cm³/mol. The average Bonchev–Trinajstić information content (AvgIpc) is 3.61. The first kappa shape index (κ1) is 20.3. The predicted octanol–water partition coefficient (Wildman–Crippen LogP) is 8.81. The molecule has 31 heavy (non-hydrogen) atoms. The molecule has 0 amide bonds. The molecule has 6 aromatic rings. The summed E-state index contributed by atoms with van der Waals surface area (Å²) in [5, 5.41) is 6.49. The summed E-state index contributed by atoms with van der Waals surface area (Å²) < 4.78 is 4.45. The van der Waals surface area contributed by atoms with E-state index in [2.05, 4.69) is 88.9 Å². The van der Waals surface area contributed by atoms with Crippen molar-refractivity contribution < 1.29 is 0 Å². The van der Waals surface area contributed by atoms with Crippen LogP contribution in [0.3, 0.4) is 0 Å². The van der Waals surface area contributed by atoms with Gasteiger partial charge < -0.3 is 0 Å². The standard InChI is InChI=1S/C24H15PS6/c1-4-16(26-13-1)19-7-10-22(29-19)25(23-11-8-20(30-23)17-5-2-14-27-17)24-12-9-21(31-24)18-6-3-15-28-18/h1-15H. The SMILES string of the molecule is c1csc(-c2ccc(P(c3ccc(-c4cccs4)s3)c3ccc(-c4cccs4)s3)s2)c1. The van der Waals surface area contributed by atoms with Gasteiger partial charge in [0.2, 0.25) is 0 Å². The van der Waals surface area contributed by atoms with Crippen molar-refractivity contribution in [2.24, 2.45) is 0 Å². The lowest BCUT2D eigenvalue weighted by atomic mass is 10.4. The van der Waals surface area contributed by atoms with Crippen molar-refractivity contribution in [1.82, 2.24) is 0 Å². The van der Waals surface area contributed by atoms with Gasteiger partial charge in [0.25, 0.3) is 0 Å². The molecule has 0 radical (unpaired) electrons. The topological polar surface area (TPSA) is 0 Å². The lowest BCUT2D eigenvalue weighted by Gasteiger charge is -2.12. The van der Waals surface area contributed by atoms with Gasteiger partial charge in [0.1, 0.15) is 0 Å². The van der Waals surface area contributed by atoms with Crippen LogP contribution in [0, 0.1) is 0 Å². The molecule has 0 aromatic carbocycles. The van der Waals surface area contributed by atoms with Crippen LogP contribution in [0.25, 0.3) is 29.3 Å². The van der Waals surface area contributed by atoms with Crippen molar-refractivity contribution in [2.45, 2.75) is 0 Å². The second-order valence-electron chi connectivity index (χ2n) is 6.68. The van der Waals surface area contributed by atoms with E-state index >= 15 is 0 Å². The Kier molecular flexibility index (Phi) is 5.80. The molecular weight excluding hydrogens is 512 g/mol. The molecule has 6 heterocycles. The van der Waals surface area contributed by atoms with Crippen LogP contribution in [0.2, 0.25) is 0 Å². The third-order valence-electron chi connectivity index (χ3n) is 4.73. The summed E-state index contributed by atoms with van der Waals surface area (Å²) >= 11 is 11.3. The minimum absolute atomic E-state index is 0.542. The highest BCUT2D eigenvalue weighted by atomic mass is 32.1. The van der Waals surface area contributed by atoms with Gasteiger partial charge in [-0.05, 0) is 70.7 Å². The van der Waals surface area contributed by atoms with Gasteiger partial charge in [0.05, 0.1) is 0 Å². The van der Waals surface area contributed by atoms with E-state index in [9.17, 15) is 0 Å². The van der Waals surface area contributed by atoms with E-state index < -0.39 is 7.92 Å². The maximum Gasteiger partial charge on any atom is 0.0449 e. The molecule has 0 unspecified atom stereocenters. The van der Waals surface area contributed by atoms with E-state index in [1.54, 1.807) is 0 Å². The second kappa shape index (κ2) is 8.87. The molecule has 0 atom stereocenters. The molecular formula is C24H15PS6. The maximum atomic E-state index is 2.36. The van der Waals surface area contributed by atoms with Gasteiger partial charge in [0, 0.05) is 51.0 Å². The summed E-state index contributed by atoms with van der Waals surface area (Å²) in [7, 11) is -0.542. The largest absolute Gasteiger partial charge is 0.143 e. The van der Waals surface area contributed by atoms with Crippen LogP contribution >= 0.6 is 75.9 Å². The Hall–Kier alpha value is -1.37. The van der Waals surface area contributed by atoms with Crippen molar-refractivity contribution in [3.8, 4) is 29.3 Å². The minimum Gasteiger partial charge on any atom is -0.143 e. The van der Waals surface area contributed by atoms with Crippen LogP contribution in [-0.4, -0.2) is 0 Å². The van der Waals surface area contributed by atoms with Crippen LogP contribution < -0.4 is 13.9 Å². The van der Waals surface area contributed by atoms with E-state index in [4.69, 9.17) is 0 Å². The van der Waals surface area contributed by atoms with Crippen LogP contribution in [0.1, 0.15) is 0 Å². The first-order chi connectivity index (χ1) is 15.3. The number of hydrogen-bond acceptors (Lipinski definition) is 6. The molecule has 0 aliphatic rings. The zero-order chi connectivity index (χ0) is 20.6. The molecule has 0 fully saturated rings. The van der Waals surface area contributed by atoms with Gasteiger partial charge in [0.15, 0.2) is 0 Å². The molecule has 0 saturated carbocycles. The summed E-state index contributed by atoms with van der Waals surface area (Å²) in [5.74, 6) is 0. The van der Waals surface area contributed by atoms with Crippen LogP contribution in [-0.2, 0) is 0 Å². The monoisotopic (exact) mass is 526 g/mol. The number of hydrogen-bond donors (Lipinski definition) is 0. The van der Waals surface area contributed by atoms with Gasteiger partial charge in [-0.2, -0.15) is 0 Å². The van der Waals surface area contributed by atoms with Gasteiger partial charge in [-0.25, -0.2) is 0 Å². The average molecular weight is 527 g/mol. The third-order valence-corrected chi connectivity index (χ3v) is 14.8. The third kappa shape index (κ3) is 4.07. The molecule has 0 spiro atoms. The molecule has 0 nitrogen and oxygen atoms in total. The van der Waals surface area contributed by atoms with Crippen molar-refractivity contribution in [2.75, 3.05) is 0 Å². The molecule has 0 aliphatic carbocycles. The fourth-order valence-electron chi connectivity index (χ4n) is 3.32. The molecule has 0 bridgehead atoms. The maximum absolute atomic E-state index is 2.36. The smallest absolute Gasteiger partial charge is 0.0449 e. The molecule has 6 rings (SSSR count). The lowest BCUT2D eigenvalue weighted by molar-refractivity contribution is 1.94. The molecule has 0 saturated heterocycles. The van der Waals surface area contributed by atoms with Crippen LogP contribution in [0.5, 0.6) is 0 Å². The summed E-state index contributed by atoms with van der Waals surface area (Å²) in [6, 6.07) is 27.1. The first-order valence-electron chi connectivity index (χ1n) is 9.56. The number of thiophene rings is 6. The Balaban J connectivity index is 1.44. The van der Waals surface area contributed by atoms with Crippen molar-refractivity contribution >= 4 is 89.8 Å². The van der Waals surface area contributed by atoms with Crippen molar-refractivity contribution in [3.05, 3.63) is 88.9 Å². The van der Waals surface area contributed by atoms with E-state index in [0.717, 1.165) is 0 Å². The summed E-state index contributed by atoms with van der Waals surface area (Å²) in [4.78, 5) is 8.22. The molecule has 7 heteroatoms. The Morgan fingerprint density at radius 1 is 0.387 bits per heavy atom. The Morgan fingerprint density at radius 3 is 1.03 bits per heavy atom. The number of rotatable bonds is 6. The normalized spacial score (nSPS) is 11.5. The van der Waals surface area contributed by atoms with Gasteiger partial charge in [-0.3, -0.25) is 0 Å². The summed E-state index contributed by atoms with van der Waals surface area (Å²) in [6.07, 6.45) is 0. The Bertz CT molecular complexity index is 1210. The van der Waals surface area contributed by atoms with Gasteiger partial charge in [-0.1, -0.05) is 18.2 Å². The zero-order valence-electron chi connectivity index (χ0n) is 16.1. The van der Waals surface area contributed by atoms with Gasteiger partial charge >= 0.3 is 0 Å². The molecule has 0 N–H and O–H groups in total. The quantitative estimate of drug-likeness (QED) is 0.190. The lowest BCUT2D eigenvalue weighted by Crippen LogP contribution is -2.13. The van der Waals surface area contributed by atoms with E-state index in [0.29, 0.717) is 0 Å². The van der Waals surface area contributed by atoms with E-state index in [-0.39, 0.29) is 0 Å². The van der Waals surface area contributed by atoms with Crippen LogP contribution in [0.4, 0.5) is 0 Å². The van der Waals surface area contributed by atoms with Crippen LogP contribution in [0.15, 0.2) is 88.9 Å². The Morgan fingerprint density at radius 2 is 0.742 bits per heavy atom. The molecule has 0 aliphatic heterocycles. The molecule has 6 aromatic heterocycles. The van der Waals surface area contributed by atoms with Crippen molar-refractivity contribution in [1.29, 1.82) is 0 Å². The summed E-state index contributed by atoms with van der Waals surface area (Å²) in [6.45, 7) is 0. The fourth-order valence-corrected chi connectivity index (χ4v) is 13.7. The highest BCUT2D eigenvalue weighted by molar-refractivity contribution is 7.91. The first-order valence-corrected chi connectivity index (χ1v) is 16.0. The minimum atomic E-state index is -0.542. The Labute approximate surface area is 206 Å². The highest BCUT2D eigenvalue weighted by Crippen LogP contribution is 2.45. The van der Waals surface area contributed by atoms with E-state index in [1.165, 1.54) is 43.1 Å². The van der Waals surface area contributed by atoms with Crippen molar-refractivity contribution in [3.63, 3.8) is 0 Å². The zero-order valence-corrected chi connectivity index (χ0v) is 21.9. The summed E-state index contributed by atoms with van der Waals surface area (Å²) in [5.41, 5.74) is 0. The highest BCUT2D eigenvalue weighted by Gasteiger charge is 2.23. The molecule has 152 valence electrons. The fraction of sp³-hybridized carbons (Fsp3) is 0. The van der Waals surface area contributed by atoms with E-state index in [1.807, 2.05) is 68.0 Å². The second-order valence-corrected chi connectivity index (χ2v) is 15.8. The van der Waals surface area contributed by atoms with Gasteiger partial charge in [-0.15, -0.1) is 68.0 Å².